The van der Waals surface area contributed by atoms with Crippen molar-refractivity contribution in [3.63, 3.8) is 0 Å². The van der Waals surface area contributed by atoms with Crippen LogP contribution in [-0.2, 0) is 21.4 Å². The lowest BCUT2D eigenvalue weighted by molar-refractivity contribution is -0.135. The van der Waals surface area contributed by atoms with Gasteiger partial charge < -0.3 is 29.3 Å². The van der Waals surface area contributed by atoms with Crippen LogP contribution < -0.4 is 20.6 Å². The number of anilines is 1. The van der Waals surface area contributed by atoms with Crippen LogP contribution in [-0.4, -0.2) is 139 Å². The van der Waals surface area contributed by atoms with E-state index >= 15 is 8.78 Å². The number of amides is 3. The van der Waals surface area contributed by atoms with Crippen LogP contribution in [0.4, 0.5) is 19.4 Å². The van der Waals surface area contributed by atoms with E-state index in [-0.39, 0.29) is 88.4 Å². The fourth-order valence-electron chi connectivity index (χ4n) is 13.8. The van der Waals surface area contributed by atoms with Gasteiger partial charge in [-0.3, -0.25) is 33.9 Å². The lowest BCUT2D eigenvalue weighted by Gasteiger charge is -2.38. The van der Waals surface area contributed by atoms with Gasteiger partial charge in [-0.15, -0.1) is 6.42 Å². The predicted octanol–water partition coefficient (Wildman–Crippen LogP) is 7.93. The van der Waals surface area contributed by atoms with E-state index in [1.165, 1.54) is 34.4 Å². The highest BCUT2D eigenvalue weighted by atomic mass is 19.1. The number of ether oxygens (including phenoxy) is 2. The number of piperidine rings is 3. The topological polar surface area (TPSA) is 180 Å². The molecule has 1 unspecified atom stereocenters. The third-order valence-corrected chi connectivity index (χ3v) is 18.0. The second-order valence-corrected chi connectivity index (χ2v) is 22.6. The van der Waals surface area contributed by atoms with E-state index in [9.17, 15) is 24.3 Å². The van der Waals surface area contributed by atoms with Gasteiger partial charge in [-0.1, -0.05) is 30.9 Å². The molecule has 3 amide bonds. The number of aromatic hydroxyl groups is 1. The van der Waals surface area contributed by atoms with Crippen molar-refractivity contribution in [2.75, 3.05) is 70.5 Å². The van der Waals surface area contributed by atoms with Crippen molar-refractivity contribution in [2.45, 2.75) is 113 Å². The maximum atomic E-state index is 17.2. The van der Waals surface area contributed by atoms with Crippen LogP contribution >= 0.6 is 0 Å². The standard InChI is InChI=1S/C59H66F2N10O7/c1-3-42-45(60)11-9-39-29-41(72)31-43(50(39)42)52-51(61)53-44(32-62-52)54(68-22-6-4-5-7-23-68)65-56(64-53)78-35-59-20-8-24-70(59)40(15-21-59)34-77-58(76)69-27-16-36(17-28-69)33-67-25-18-37(19-26-67)38-10-12-46-48(30-38)66(2)57(75)71(46)47-13-14-49(73)63-55(47)74/h1,9-12,29-32,36-37,40,47,72H,4-8,13-28,33-35H2,2H3,(H,63,73,74)/t40-,47?,59-/m0/s1. The number of aromatic nitrogens is 5. The van der Waals surface area contributed by atoms with E-state index in [2.05, 4.69) is 43.1 Å². The molecule has 6 aliphatic heterocycles. The van der Waals surface area contributed by atoms with Crippen LogP contribution in [0.25, 0.3) is 44.0 Å². The molecule has 0 aliphatic carbocycles. The zero-order valence-corrected chi connectivity index (χ0v) is 44.2. The molecule has 0 saturated carbocycles. The Labute approximate surface area is 450 Å². The lowest BCUT2D eigenvalue weighted by atomic mass is 9.88. The molecule has 3 aromatic carbocycles. The Morgan fingerprint density at radius 1 is 0.885 bits per heavy atom. The summed E-state index contributed by atoms with van der Waals surface area (Å²) in [5.41, 5.74) is 2.06. The summed E-state index contributed by atoms with van der Waals surface area (Å²) < 4.78 is 48.1. The number of likely N-dealkylation sites (tertiary alicyclic amines) is 2. The average molecular weight is 1070 g/mol. The highest BCUT2D eigenvalue weighted by molar-refractivity contribution is 6.03. The van der Waals surface area contributed by atoms with Gasteiger partial charge in [0.15, 0.2) is 5.82 Å². The number of hydrogen-bond acceptors (Lipinski definition) is 13. The number of fused-ring (bicyclic) bond motifs is 4. The fraction of sp³-hybridized carbons (Fsp3) is 0.508. The smallest absolute Gasteiger partial charge is 0.409 e. The Morgan fingerprint density at radius 2 is 1.68 bits per heavy atom. The molecular formula is C59H66F2N10O7. The molecule has 3 atom stereocenters. The van der Waals surface area contributed by atoms with Crippen LogP contribution in [0.2, 0.25) is 0 Å². The number of carbonyl (C=O) groups excluding carboxylic acids is 3. The summed E-state index contributed by atoms with van der Waals surface area (Å²) in [6.07, 6.45) is 19.0. The number of nitrogens with one attached hydrogen (secondary N) is 1. The number of rotatable bonds is 11. The van der Waals surface area contributed by atoms with Crippen LogP contribution in [0.5, 0.6) is 11.8 Å². The van der Waals surface area contributed by atoms with Crippen molar-refractivity contribution < 1.29 is 37.7 Å². The van der Waals surface area contributed by atoms with E-state index in [1.54, 1.807) is 17.8 Å². The fourth-order valence-corrected chi connectivity index (χ4v) is 13.8. The van der Waals surface area contributed by atoms with Crippen molar-refractivity contribution >= 4 is 56.4 Å². The minimum atomic E-state index is -0.759. The Kier molecular flexibility index (Phi) is 14.0. The van der Waals surface area contributed by atoms with Crippen LogP contribution in [0.3, 0.4) is 0 Å². The third-order valence-electron chi connectivity index (χ3n) is 18.0. The Bertz CT molecular complexity index is 3440. The monoisotopic (exact) mass is 1060 g/mol. The molecule has 6 saturated heterocycles. The molecule has 3 aromatic heterocycles. The molecule has 19 heteroatoms. The van der Waals surface area contributed by atoms with Crippen molar-refractivity contribution in [3.8, 4) is 35.4 Å². The van der Waals surface area contributed by atoms with Crippen LogP contribution in [0, 0.1) is 29.9 Å². The van der Waals surface area contributed by atoms with Crippen molar-refractivity contribution in [3.05, 3.63) is 81.9 Å². The summed E-state index contributed by atoms with van der Waals surface area (Å²) >= 11 is 0. The van der Waals surface area contributed by atoms with Gasteiger partial charge in [-0.05, 0) is 143 Å². The number of pyridine rings is 1. The molecule has 6 aromatic rings. The first-order valence-corrected chi connectivity index (χ1v) is 28.0. The minimum absolute atomic E-state index is 0.00557. The number of phenols is 1. The Balaban J connectivity index is 0.659. The van der Waals surface area contributed by atoms with Gasteiger partial charge in [-0.25, -0.2) is 18.4 Å². The summed E-state index contributed by atoms with van der Waals surface area (Å²) in [6.45, 7) is 7.09. The molecule has 12 rings (SSSR count). The SMILES string of the molecule is C#Cc1c(F)ccc2cc(O)cc(-c3ncc4c(N5CCCCCC5)nc(OC[C@@]56CCCN5[C@H](COC(=O)N5CCC(CN7CCC(c8ccc9c(c8)n(C)c(=O)n9C8CCC(=O)NC8=O)CC7)CC5)CC6)nc4c3F)c12. The maximum Gasteiger partial charge on any atom is 0.409 e. The van der Waals surface area contributed by atoms with Gasteiger partial charge in [0.05, 0.1) is 27.5 Å². The molecule has 0 bridgehead atoms. The van der Waals surface area contributed by atoms with Gasteiger partial charge in [0.1, 0.15) is 47.9 Å². The molecule has 6 aliphatic rings. The summed E-state index contributed by atoms with van der Waals surface area (Å²) in [6, 6.07) is 11.0. The normalized spacial score (nSPS) is 23.0. The third kappa shape index (κ3) is 9.58. The number of aryl methyl sites for hydroxylation is 1. The molecule has 0 spiro atoms. The molecule has 6 fully saturated rings. The second-order valence-electron chi connectivity index (χ2n) is 22.6. The minimum Gasteiger partial charge on any atom is -0.508 e. The quantitative estimate of drug-likeness (QED) is 0.0945. The number of imidazole rings is 1. The number of terminal acetylenes is 1. The zero-order chi connectivity index (χ0) is 53.8. The molecule has 408 valence electrons. The number of nitrogens with zero attached hydrogens (tertiary/aromatic N) is 9. The summed E-state index contributed by atoms with van der Waals surface area (Å²) in [4.78, 5) is 74.6. The van der Waals surface area contributed by atoms with Gasteiger partial charge >= 0.3 is 17.8 Å². The van der Waals surface area contributed by atoms with Gasteiger partial charge in [0.25, 0.3) is 0 Å². The lowest BCUT2D eigenvalue weighted by Crippen LogP contribution is -2.48. The van der Waals surface area contributed by atoms with Gasteiger partial charge in [0.2, 0.25) is 11.8 Å². The highest BCUT2D eigenvalue weighted by Crippen LogP contribution is 2.44. The first kappa shape index (κ1) is 51.6. The largest absolute Gasteiger partial charge is 0.508 e. The molecule has 0 radical (unpaired) electrons. The number of imide groups is 1. The number of carbonyl (C=O) groups is 3. The molecular weight excluding hydrogens is 999 g/mol. The summed E-state index contributed by atoms with van der Waals surface area (Å²) in [7, 11) is 1.73. The molecule has 2 N–H and O–H groups in total. The molecule has 17 nitrogen and oxygen atoms in total. The summed E-state index contributed by atoms with van der Waals surface area (Å²) in [5, 5.41) is 14.2. The van der Waals surface area contributed by atoms with E-state index in [1.807, 2.05) is 11.0 Å². The van der Waals surface area contributed by atoms with Crippen LogP contribution in [0.1, 0.15) is 113 Å². The van der Waals surface area contributed by atoms with Crippen molar-refractivity contribution in [1.82, 2.24) is 44.1 Å². The average Bonchev–Trinajstić information content (AvgIpc) is 4.09. The van der Waals surface area contributed by atoms with E-state index in [4.69, 9.17) is 25.9 Å². The van der Waals surface area contributed by atoms with E-state index in [0.717, 1.165) is 122 Å². The number of benzene rings is 3. The van der Waals surface area contributed by atoms with Crippen LogP contribution in [0.15, 0.2) is 53.5 Å². The van der Waals surface area contributed by atoms with Crippen molar-refractivity contribution in [2.24, 2.45) is 13.0 Å². The predicted molar refractivity (Wildman–Crippen MR) is 290 cm³/mol. The van der Waals surface area contributed by atoms with Gasteiger partial charge in [-0.2, -0.15) is 9.97 Å². The second kappa shape index (κ2) is 21.2. The van der Waals surface area contributed by atoms with Gasteiger partial charge in [0, 0.05) is 69.4 Å². The zero-order valence-electron chi connectivity index (χ0n) is 44.2. The number of phenolic OH excluding ortho intramolecular Hbond substituents is 1. The number of hydrogen-bond donors (Lipinski definition) is 2. The molecule has 78 heavy (non-hydrogen) atoms. The number of halogens is 2. The van der Waals surface area contributed by atoms with Crippen molar-refractivity contribution in [1.29, 1.82) is 0 Å². The van der Waals surface area contributed by atoms with E-state index < -0.39 is 23.6 Å². The Morgan fingerprint density at radius 3 is 2.45 bits per heavy atom. The molecule has 9 heterocycles. The van der Waals surface area contributed by atoms with E-state index in [0.29, 0.717) is 53.5 Å². The first-order chi connectivity index (χ1) is 37.9. The maximum absolute atomic E-state index is 17.2. The highest BCUT2D eigenvalue weighted by Gasteiger charge is 2.50. The summed E-state index contributed by atoms with van der Waals surface area (Å²) in [5.74, 6) is 1.49. The Hall–Kier alpha value is -7.17. The first-order valence-electron chi connectivity index (χ1n) is 28.0.